The molecule has 0 radical (unpaired) electrons. The SMILES string of the molecule is CC(C)=CCOc1ccc2oc3ccccc3c(=O)c2c1OCC=C(C)C. The van der Waals surface area contributed by atoms with E-state index in [9.17, 15) is 4.79 Å². The van der Waals surface area contributed by atoms with Crippen LogP contribution in [0.5, 0.6) is 11.5 Å². The van der Waals surface area contributed by atoms with E-state index in [-0.39, 0.29) is 5.43 Å². The first-order chi connectivity index (χ1) is 13.0. The minimum Gasteiger partial charge on any atom is -0.486 e. The van der Waals surface area contributed by atoms with Gasteiger partial charge in [0.25, 0.3) is 0 Å². The Morgan fingerprint density at radius 2 is 1.56 bits per heavy atom. The highest BCUT2D eigenvalue weighted by Crippen LogP contribution is 2.35. The molecule has 2 aromatic carbocycles. The molecule has 0 aliphatic carbocycles. The molecule has 0 atom stereocenters. The van der Waals surface area contributed by atoms with Crippen LogP contribution in [0, 0.1) is 0 Å². The van der Waals surface area contributed by atoms with Gasteiger partial charge in [0.2, 0.25) is 5.43 Å². The van der Waals surface area contributed by atoms with Crippen molar-refractivity contribution in [3.05, 3.63) is 69.9 Å². The molecule has 0 spiro atoms. The van der Waals surface area contributed by atoms with Gasteiger partial charge in [-0.25, -0.2) is 0 Å². The van der Waals surface area contributed by atoms with Crippen LogP contribution in [-0.2, 0) is 0 Å². The predicted molar refractivity (Wildman–Crippen MR) is 110 cm³/mol. The quantitative estimate of drug-likeness (QED) is 0.420. The number of ether oxygens (including phenoxy) is 2. The summed E-state index contributed by atoms with van der Waals surface area (Å²) in [4.78, 5) is 13.1. The number of allylic oxidation sites excluding steroid dienone is 2. The second-order valence-electron chi connectivity index (χ2n) is 6.88. The van der Waals surface area contributed by atoms with Gasteiger partial charge in [-0.2, -0.15) is 0 Å². The molecule has 1 aromatic heterocycles. The second kappa shape index (κ2) is 8.12. The number of hydrogen-bond acceptors (Lipinski definition) is 4. The number of rotatable bonds is 6. The summed E-state index contributed by atoms with van der Waals surface area (Å²) in [6.45, 7) is 8.78. The van der Waals surface area contributed by atoms with E-state index in [4.69, 9.17) is 13.9 Å². The topological polar surface area (TPSA) is 48.7 Å². The lowest BCUT2D eigenvalue weighted by Crippen LogP contribution is -2.08. The fourth-order valence-electron chi connectivity index (χ4n) is 2.69. The smallest absolute Gasteiger partial charge is 0.204 e. The van der Waals surface area contributed by atoms with Gasteiger partial charge in [-0.05, 0) is 64.1 Å². The largest absolute Gasteiger partial charge is 0.486 e. The van der Waals surface area contributed by atoms with E-state index in [0.717, 1.165) is 11.1 Å². The highest BCUT2D eigenvalue weighted by atomic mass is 16.5. The molecule has 4 heteroatoms. The Morgan fingerprint density at radius 1 is 0.889 bits per heavy atom. The summed E-state index contributed by atoms with van der Waals surface area (Å²) < 4.78 is 17.8. The van der Waals surface area contributed by atoms with Crippen LogP contribution in [0.15, 0.2) is 68.9 Å². The van der Waals surface area contributed by atoms with Gasteiger partial charge in [-0.15, -0.1) is 0 Å². The van der Waals surface area contributed by atoms with Crippen LogP contribution in [0.2, 0.25) is 0 Å². The van der Waals surface area contributed by atoms with E-state index in [1.807, 2.05) is 52.0 Å². The van der Waals surface area contributed by atoms with Crippen molar-refractivity contribution in [3.8, 4) is 11.5 Å². The molecule has 1 heterocycles. The molecule has 27 heavy (non-hydrogen) atoms. The molecule has 140 valence electrons. The first kappa shape index (κ1) is 18.8. The van der Waals surface area contributed by atoms with Crippen molar-refractivity contribution in [2.45, 2.75) is 27.7 Å². The van der Waals surface area contributed by atoms with Crippen LogP contribution < -0.4 is 14.9 Å². The van der Waals surface area contributed by atoms with Crippen molar-refractivity contribution in [3.63, 3.8) is 0 Å². The average Bonchev–Trinajstić information content (AvgIpc) is 2.62. The highest BCUT2D eigenvalue weighted by Gasteiger charge is 2.17. The van der Waals surface area contributed by atoms with Crippen molar-refractivity contribution in [2.24, 2.45) is 0 Å². The zero-order valence-corrected chi connectivity index (χ0v) is 16.2. The zero-order valence-electron chi connectivity index (χ0n) is 16.2. The summed E-state index contributed by atoms with van der Waals surface area (Å²) in [5.41, 5.74) is 3.23. The molecule has 3 rings (SSSR count). The lowest BCUT2D eigenvalue weighted by Gasteiger charge is -2.14. The molecule has 0 aliphatic heterocycles. The lowest BCUT2D eigenvalue weighted by atomic mass is 10.1. The Balaban J connectivity index is 2.17. The van der Waals surface area contributed by atoms with Gasteiger partial charge in [-0.3, -0.25) is 4.79 Å². The summed E-state index contributed by atoms with van der Waals surface area (Å²) in [5.74, 6) is 0.955. The van der Waals surface area contributed by atoms with Crippen molar-refractivity contribution < 1.29 is 13.9 Å². The molecular weight excluding hydrogens is 340 g/mol. The number of para-hydroxylation sites is 1. The van der Waals surface area contributed by atoms with Crippen molar-refractivity contribution in [2.75, 3.05) is 13.2 Å². The van der Waals surface area contributed by atoms with Crippen molar-refractivity contribution in [1.82, 2.24) is 0 Å². The van der Waals surface area contributed by atoms with Crippen molar-refractivity contribution >= 4 is 21.9 Å². The van der Waals surface area contributed by atoms with Crippen LogP contribution in [0.25, 0.3) is 21.9 Å². The third-order valence-corrected chi connectivity index (χ3v) is 4.11. The van der Waals surface area contributed by atoms with Crippen LogP contribution >= 0.6 is 0 Å². The fraction of sp³-hybridized carbons (Fsp3) is 0.261. The zero-order chi connectivity index (χ0) is 19.4. The lowest BCUT2D eigenvalue weighted by molar-refractivity contribution is 0.310. The summed E-state index contributed by atoms with van der Waals surface area (Å²) in [7, 11) is 0. The molecule has 0 N–H and O–H groups in total. The van der Waals surface area contributed by atoms with Gasteiger partial charge in [0.05, 0.1) is 5.39 Å². The number of hydrogen-bond donors (Lipinski definition) is 0. The van der Waals surface area contributed by atoms with Gasteiger partial charge in [-0.1, -0.05) is 23.3 Å². The molecule has 0 saturated carbocycles. The molecule has 0 fully saturated rings. The molecule has 3 aromatic rings. The summed E-state index contributed by atoms with van der Waals surface area (Å²) in [6, 6.07) is 10.8. The van der Waals surface area contributed by atoms with Gasteiger partial charge >= 0.3 is 0 Å². The monoisotopic (exact) mass is 364 g/mol. The Kier molecular flexibility index (Phi) is 5.65. The van der Waals surface area contributed by atoms with Crippen molar-refractivity contribution in [1.29, 1.82) is 0 Å². The Hall–Kier alpha value is -3.01. The molecule has 0 amide bonds. The first-order valence-electron chi connectivity index (χ1n) is 8.98. The molecule has 0 aliphatic rings. The van der Waals surface area contributed by atoms with E-state index in [1.54, 1.807) is 24.3 Å². The highest BCUT2D eigenvalue weighted by molar-refractivity contribution is 5.94. The Morgan fingerprint density at radius 3 is 2.26 bits per heavy atom. The van der Waals surface area contributed by atoms with E-state index in [2.05, 4.69) is 0 Å². The van der Waals surface area contributed by atoms with Gasteiger partial charge in [0, 0.05) is 0 Å². The van der Waals surface area contributed by atoms with E-state index < -0.39 is 0 Å². The van der Waals surface area contributed by atoms with Gasteiger partial charge in [0.15, 0.2) is 11.5 Å². The first-order valence-corrected chi connectivity index (χ1v) is 8.98. The van der Waals surface area contributed by atoms with Crippen LogP contribution in [0.3, 0.4) is 0 Å². The summed E-state index contributed by atoms with van der Waals surface area (Å²) >= 11 is 0. The van der Waals surface area contributed by atoms with Crippen LogP contribution in [0.1, 0.15) is 27.7 Å². The third kappa shape index (κ3) is 4.22. The van der Waals surface area contributed by atoms with Crippen LogP contribution in [-0.4, -0.2) is 13.2 Å². The minimum absolute atomic E-state index is 0.119. The number of fused-ring (bicyclic) bond motifs is 2. The predicted octanol–water partition coefficient (Wildman–Crippen LogP) is 5.64. The summed E-state index contributed by atoms with van der Waals surface area (Å²) in [6.07, 6.45) is 3.94. The maximum Gasteiger partial charge on any atom is 0.204 e. The normalized spacial score (nSPS) is 10.7. The van der Waals surface area contributed by atoms with Gasteiger partial charge < -0.3 is 13.9 Å². The van der Waals surface area contributed by atoms with E-state index in [0.29, 0.717) is 46.7 Å². The fourth-order valence-corrected chi connectivity index (χ4v) is 2.69. The van der Waals surface area contributed by atoms with Crippen LogP contribution in [0.4, 0.5) is 0 Å². The Labute approximate surface area is 158 Å². The molecular formula is C23H24O4. The molecule has 0 saturated heterocycles. The average molecular weight is 364 g/mol. The third-order valence-electron chi connectivity index (χ3n) is 4.11. The summed E-state index contributed by atoms with van der Waals surface area (Å²) in [5, 5.41) is 0.934. The van der Waals surface area contributed by atoms with Gasteiger partial charge in [0.1, 0.15) is 29.8 Å². The Bertz CT molecular complexity index is 1080. The maximum absolute atomic E-state index is 13.1. The second-order valence-corrected chi connectivity index (χ2v) is 6.88. The number of benzene rings is 2. The molecule has 0 bridgehead atoms. The van der Waals surface area contributed by atoms with E-state index in [1.165, 1.54) is 0 Å². The standard InChI is InChI=1S/C23H24O4/c1-15(2)11-13-25-20-10-9-19-21(23(20)26-14-12-16(3)4)22(24)17-7-5-6-8-18(17)27-19/h5-12H,13-14H2,1-4H3. The maximum atomic E-state index is 13.1. The molecule has 4 nitrogen and oxygen atoms in total. The molecule has 0 unspecified atom stereocenters. The minimum atomic E-state index is -0.119. The van der Waals surface area contributed by atoms with E-state index >= 15 is 0 Å².